The second-order valence-electron chi connectivity index (χ2n) is 5.72. The third kappa shape index (κ3) is 5.92. The lowest BCUT2D eigenvalue weighted by Gasteiger charge is -2.21. The Bertz CT molecular complexity index is 702. The quantitative estimate of drug-likeness (QED) is 0.749. The molecule has 2 N–H and O–H groups in total. The monoisotopic (exact) mass is 346 g/mol. The smallest absolute Gasteiger partial charge is 0.328 e. The Labute approximate surface area is 146 Å². The highest BCUT2D eigenvalue weighted by Crippen LogP contribution is 2.03. The molecule has 0 unspecified atom stereocenters. The van der Waals surface area contributed by atoms with Gasteiger partial charge in [-0.15, -0.1) is 0 Å². The van der Waals surface area contributed by atoms with Crippen molar-refractivity contribution < 1.29 is 19.4 Å². The van der Waals surface area contributed by atoms with Crippen molar-refractivity contribution >= 4 is 12.0 Å². The van der Waals surface area contributed by atoms with Crippen molar-refractivity contribution in [1.82, 2.24) is 20.0 Å². The second-order valence-corrected chi connectivity index (χ2v) is 5.72. The molecule has 0 bridgehead atoms. The van der Waals surface area contributed by atoms with E-state index in [1.807, 2.05) is 30.3 Å². The van der Waals surface area contributed by atoms with E-state index in [4.69, 9.17) is 4.74 Å². The van der Waals surface area contributed by atoms with Crippen LogP contribution in [0.3, 0.4) is 0 Å². The molecule has 2 rings (SSSR count). The number of hydrogen-bond acceptors (Lipinski definition) is 4. The van der Waals surface area contributed by atoms with Crippen molar-refractivity contribution in [2.45, 2.75) is 19.2 Å². The maximum atomic E-state index is 12.2. The van der Waals surface area contributed by atoms with Crippen LogP contribution >= 0.6 is 0 Å². The van der Waals surface area contributed by atoms with Crippen LogP contribution < -0.4 is 5.32 Å². The fraction of sp³-hybridized carbons (Fsp3) is 0.353. The number of carboxylic acids is 1. The zero-order valence-electron chi connectivity index (χ0n) is 14.3. The van der Waals surface area contributed by atoms with Crippen LogP contribution in [0.25, 0.3) is 0 Å². The van der Waals surface area contributed by atoms with Gasteiger partial charge in [-0.1, -0.05) is 30.3 Å². The van der Waals surface area contributed by atoms with Crippen molar-refractivity contribution in [1.29, 1.82) is 0 Å². The first kappa shape index (κ1) is 18.5. The average Bonchev–Trinajstić information content (AvgIpc) is 2.99. The largest absolute Gasteiger partial charge is 0.480 e. The van der Waals surface area contributed by atoms with Crippen LogP contribution in [-0.4, -0.2) is 51.5 Å². The Balaban J connectivity index is 1.82. The predicted octanol–water partition coefficient (Wildman–Crippen LogP) is 1.23. The molecule has 8 heteroatoms. The van der Waals surface area contributed by atoms with Crippen LogP contribution in [0.1, 0.15) is 11.1 Å². The second kappa shape index (κ2) is 8.84. The molecule has 0 fully saturated rings. The maximum Gasteiger partial charge on any atom is 0.328 e. The van der Waals surface area contributed by atoms with Crippen molar-refractivity contribution in [2.24, 2.45) is 7.05 Å². The lowest BCUT2D eigenvalue weighted by Crippen LogP contribution is -2.48. The van der Waals surface area contributed by atoms with E-state index in [0.29, 0.717) is 6.54 Å². The van der Waals surface area contributed by atoms with Crippen molar-refractivity contribution in [3.8, 4) is 0 Å². The number of nitrogens with one attached hydrogen (secondary N) is 1. The van der Waals surface area contributed by atoms with E-state index in [1.165, 1.54) is 4.90 Å². The van der Waals surface area contributed by atoms with Gasteiger partial charge in [0.05, 0.1) is 26.0 Å². The molecule has 0 aliphatic carbocycles. The van der Waals surface area contributed by atoms with Gasteiger partial charge in [0.2, 0.25) is 0 Å². The summed E-state index contributed by atoms with van der Waals surface area (Å²) < 4.78 is 7.06. The number of aromatic nitrogens is 2. The lowest BCUT2D eigenvalue weighted by atomic mass is 10.2. The Morgan fingerprint density at radius 1 is 1.32 bits per heavy atom. The van der Waals surface area contributed by atoms with E-state index in [1.54, 1.807) is 31.2 Å². The van der Waals surface area contributed by atoms with Gasteiger partial charge in [-0.05, 0) is 5.56 Å². The summed E-state index contributed by atoms with van der Waals surface area (Å²) in [6.45, 7) is 0.500. The summed E-state index contributed by atoms with van der Waals surface area (Å²) >= 11 is 0. The molecular formula is C17H22N4O4. The molecule has 2 aromatic rings. The van der Waals surface area contributed by atoms with Gasteiger partial charge in [-0.25, -0.2) is 9.59 Å². The number of benzene rings is 1. The SMILES string of the molecule is CN(Cc1cnn(C)c1)C(=O)N[C@@H](COCc1ccccc1)C(=O)O. The number of urea groups is 1. The standard InChI is InChI=1S/C17H22N4O4/c1-20(9-14-8-18-21(2)10-14)17(24)19-15(16(22)23)12-25-11-13-6-4-3-5-7-13/h3-8,10,15H,9,11-12H2,1-2H3,(H,19,24)(H,22,23)/t15-/m0/s1. The minimum Gasteiger partial charge on any atom is -0.480 e. The zero-order chi connectivity index (χ0) is 18.2. The van der Waals surface area contributed by atoms with Gasteiger partial charge in [0, 0.05) is 25.9 Å². The normalized spacial score (nSPS) is 11.8. The van der Waals surface area contributed by atoms with Crippen molar-refractivity contribution in [3.63, 3.8) is 0 Å². The Morgan fingerprint density at radius 2 is 2.04 bits per heavy atom. The molecule has 1 aromatic carbocycles. The minimum atomic E-state index is -1.14. The number of carbonyl (C=O) groups is 2. The predicted molar refractivity (Wildman–Crippen MR) is 90.7 cm³/mol. The van der Waals surface area contributed by atoms with Crippen LogP contribution in [0.2, 0.25) is 0 Å². The van der Waals surface area contributed by atoms with Crippen LogP contribution in [0.15, 0.2) is 42.7 Å². The molecule has 0 saturated heterocycles. The number of aliphatic carboxylic acids is 1. The van der Waals surface area contributed by atoms with Gasteiger partial charge in [-0.3, -0.25) is 4.68 Å². The molecule has 1 aromatic heterocycles. The number of rotatable bonds is 8. The first-order valence-electron chi connectivity index (χ1n) is 7.79. The number of carbonyl (C=O) groups excluding carboxylic acids is 1. The third-order valence-corrected chi connectivity index (χ3v) is 3.52. The highest BCUT2D eigenvalue weighted by molar-refractivity contribution is 5.82. The molecular weight excluding hydrogens is 324 g/mol. The van der Waals surface area contributed by atoms with Crippen LogP contribution in [0, 0.1) is 0 Å². The highest BCUT2D eigenvalue weighted by atomic mass is 16.5. The van der Waals surface area contributed by atoms with Crippen LogP contribution in [-0.2, 0) is 29.7 Å². The fourth-order valence-electron chi connectivity index (χ4n) is 2.20. The first-order chi connectivity index (χ1) is 12.0. The number of ether oxygens (including phenoxy) is 1. The highest BCUT2D eigenvalue weighted by Gasteiger charge is 2.22. The van der Waals surface area contributed by atoms with Gasteiger partial charge in [-0.2, -0.15) is 5.10 Å². The molecule has 134 valence electrons. The van der Waals surface area contributed by atoms with Gasteiger partial charge in [0.25, 0.3) is 0 Å². The van der Waals surface area contributed by atoms with E-state index < -0.39 is 18.0 Å². The molecule has 8 nitrogen and oxygen atoms in total. The number of nitrogens with zero attached hydrogens (tertiary/aromatic N) is 3. The van der Waals surface area contributed by atoms with Gasteiger partial charge in [0.1, 0.15) is 0 Å². The number of amides is 2. The molecule has 1 heterocycles. The number of hydrogen-bond donors (Lipinski definition) is 2. The summed E-state index contributed by atoms with van der Waals surface area (Å²) in [5.41, 5.74) is 1.79. The van der Waals surface area contributed by atoms with Crippen molar-refractivity contribution in [2.75, 3.05) is 13.7 Å². The Kier molecular flexibility index (Phi) is 6.53. The Morgan fingerprint density at radius 3 is 2.64 bits per heavy atom. The van der Waals surface area contributed by atoms with E-state index in [-0.39, 0.29) is 13.2 Å². The van der Waals surface area contributed by atoms with Crippen LogP contribution in [0.5, 0.6) is 0 Å². The molecule has 1 atom stereocenters. The lowest BCUT2D eigenvalue weighted by molar-refractivity contribution is -0.141. The summed E-state index contributed by atoms with van der Waals surface area (Å²) in [6, 6.07) is 7.81. The fourth-order valence-corrected chi connectivity index (χ4v) is 2.20. The van der Waals surface area contributed by atoms with E-state index >= 15 is 0 Å². The third-order valence-electron chi connectivity index (χ3n) is 3.52. The molecule has 0 aliphatic heterocycles. The van der Waals surface area contributed by atoms with Gasteiger partial charge >= 0.3 is 12.0 Å². The number of carboxylic acid groups (broad SMARTS) is 1. The van der Waals surface area contributed by atoms with Crippen molar-refractivity contribution in [3.05, 3.63) is 53.9 Å². The summed E-state index contributed by atoms with van der Waals surface area (Å²) in [6.07, 6.45) is 3.45. The summed E-state index contributed by atoms with van der Waals surface area (Å²) in [4.78, 5) is 24.9. The van der Waals surface area contributed by atoms with Gasteiger partial charge < -0.3 is 20.1 Å². The number of aryl methyl sites for hydroxylation is 1. The molecule has 2 amide bonds. The molecule has 25 heavy (non-hydrogen) atoms. The zero-order valence-corrected chi connectivity index (χ0v) is 14.3. The minimum absolute atomic E-state index is 0.114. The summed E-state index contributed by atoms with van der Waals surface area (Å²) in [5, 5.41) is 15.8. The molecule has 0 radical (unpaired) electrons. The Hall–Kier alpha value is -2.87. The molecule has 0 spiro atoms. The van der Waals surface area contributed by atoms with Crippen LogP contribution in [0.4, 0.5) is 4.79 Å². The van der Waals surface area contributed by atoms with Gasteiger partial charge in [0.15, 0.2) is 6.04 Å². The first-order valence-corrected chi connectivity index (χ1v) is 7.79. The topological polar surface area (TPSA) is 96.7 Å². The van der Waals surface area contributed by atoms with E-state index in [0.717, 1.165) is 11.1 Å². The molecule has 0 aliphatic rings. The maximum absolute atomic E-state index is 12.2. The summed E-state index contributed by atoms with van der Waals surface area (Å²) in [5.74, 6) is -1.14. The van der Waals surface area contributed by atoms with E-state index in [2.05, 4.69) is 10.4 Å². The summed E-state index contributed by atoms with van der Waals surface area (Å²) in [7, 11) is 3.38. The average molecular weight is 346 g/mol. The molecule has 0 saturated carbocycles. The van der Waals surface area contributed by atoms with E-state index in [9.17, 15) is 14.7 Å².